The monoisotopic (exact) mass is 626 g/mol. The van der Waals surface area contributed by atoms with Gasteiger partial charge in [-0.3, -0.25) is 9.59 Å². The number of nitrogens with one attached hydrogen (secondary N) is 2. The van der Waals surface area contributed by atoms with E-state index in [4.69, 9.17) is 15.1 Å². The summed E-state index contributed by atoms with van der Waals surface area (Å²) in [5.41, 5.74) is 15.4. The van der Waals surface area contributed by atoms with Crippen LogP contribution in [-0.4, -0.2) is 53.8 Å². The fraction of sp³-hybridized carbons (Fsp3) is 0.405. The molecule has 3 aromatic heterocycles. The van der Waals surface area contributed by atoms with Crippen LogP contribution in [0.1, 0.15) is 112 Å². The van der Waals surface area contributed by atoms with Crippen molar-refractivity contribution in [1.82, 2.24) is 19.9 Å². The molecule has 9 nitrogen and oxygen atoms in total. The molecule has 0 saturated carbocycles. The lowest BCUT2D eigenvalue weighted by atomic mass is 9.98. The summed E-state index contributed by atoms with van der Waals surface area (Å²) in [7, 11) is 0. The summed E-state index contributed by atoms with van der Waals surface area (Å²) in [6.45, 7) is 14.8. The Kier molecular flexibility index (Phi) is 11.0. The fourth-order valence-electron chi connectivity index (χ4n) is 6.22. The number of aliphatic hydroxyl groups is 1. The molecule has 0 unspecified atom stereocenters. The van der Waals surface area contributed by atoms with Crippen molar-refractivity contribution in [2.24, 2.45) is 0 Å². The molecule has 0 atom stereocenters. The molecule has 5 rings (SSSR count). The number of carbonyl (C=O) groups is 2. The third-order valence-corrected chi connectivity index (χ3v) is 8.91. The Morgan fingerprint density at radius 3 is 1.41 bits per heavy atom. The number of carboxylic acid groups (broad SMARTS) is 2. The third-order valence-electron chi connectivity index (χ3n) is 8.91. The summed E-state index contributed by atoms with van der Waals surface area (Å²) in [6, 6.07) is 8.19. The first-order valence-corrected chi connectivity index (χ1v) is 16.1. The quantitative estimate of drug-likeness (QED) is 0.161. The largest absolute Gasteiger partial charge is 0.481 e. The van der Waals surface area contributed by atoms with Gasteiger partial charge in [0.2, 0.25) is 0 Å². The summed E-state index contributed by atoms with van der Waals surface area (Å²) >= 11 is 0. The average molecular weight is 627 g/mol. The number of rotatable bonds is 9. The van der Waals surface area contributed by atoms with Crippen LogP contribution in [-0.2, 0) is 22.4 Å². The van der Waals surface area contributed by atoms with Crippen LogP contribution in [0.25, 0.3) is 44.4 Å². The summed E-state index contributed by atoms with van der Waals surface area (Å²) in [4.78, 5) is 40.3. The number of aromatic nitrogens is 4. The van der Waals surface area contributed by atoms with Gasteiger partial charge in [-0.25, -0.2) is 9.97 Å². The Bertz CT molecular complexity index is 1890. The zero-order valence-electron chi connectivity index (χ0n) is 28.0. The van der Waals surface area contributed by atoms with E-state index < -0.39 is 11.9 Å². The van der Waals surface area contributed by atoms with Crippen molar-refractivity contribution in [3.05, 3.63) is 69.3 Å². The van der Waals surface area contributed by atoms with E-state index in [1.165, 1.54) is 16.7 Å². The van der Waals surface area contributed by atoms with Crippen molar-refractivity contribution in [2.75, 3.05) is 6.61 Å². The molecule has 0 fully saturated rings. The number of H-pyrrole nitrogens is 2. The second-order valence-corrected chi connectivity index (χ2v) is 11.9. The van der Waals surface area contributed by atoms with E-state index in [1.807, 2.05) is 32.9 Å². The number of aromatic amines is 2. The lowest BCUT2D eigenvalue weighted by Crippen LogP contribution is -1.97. The molecule has 46 heavy (non-hydrogen) atoms. The lowest BCUT2D eigenvalue weighted by Gasteiger charge is -2.05. The molecule has 5 heterocycles. The van der Waals surface area contributed by atoms with Crippen molar-refractivity contribution in [3.63, 3.8) is 0 Å². The van der Waals surface area contributed by atoms with Gasteiger partial charge >= 0.3 is 11.9 Å². The van der Waals surface area contributed by atoms with Crippen LogP contribution in [0.15, 0.2) is 24.3 Å². The van der Waals surface area contributed by atoms with Gasteiger partial charge < -0.3 is 25.3 Å². The molecular weight excluding hydrogens is 580 g/mol. The number of allylic oxidation sites excluding steroid dienone is 4. The summed E-state index contributed by atoms with van der Waals surface area (Å²) < 4.78 is 0. The first kappa shape index (κ1) is 34.4. The highest BCUT2D eigenvalue weighted by Gasteiger charge is 2.22. The minimum absolute atomic E-state index is 0.0138. The number of nitrogens with zero attached hydrogens (tertiary/aromatic N) is 2. The smallest absolute Gasteiger partial charge is 0.303 e. The fourth-order valence-corrected chi connectivity index (χ4v) is 6.22. The number of hydrogen-bond acceptors (Lipinski definition) is 5. The molecule has 0 aromatic carbocycles. The maximum absolute atomic E-state index is 11.5. The first-order valence-electron chi connectivity index (χ1n) is 16.1. The SMILES string of the molecule is CCCO.CCc1c(C)c2cc3[nH]c(cc4nc(cc5nc(cc1[nH]2)C(C)=C5CCC(=O)O)C(CCC(=O)O)=C4C)c(C)c3CC. The number of hydrogen-bond donors (Lipinski definition) is 5. The van der Waals surface area contributed by atoms with E-state index in [-0.39, 0.29) is 12.8 Å². The van der Waals surface area contributed by atoms with Crippen LogP contribution in [0.5, 0.6) is 0 Å². The summed E-state index contributed by atoms with van der Waals surface area (Å²) in [5.74, 6) is -1.74. The number of aliphatic carboxylic acids is 2. The zero-order chi connectivity index (χ0) is 33.7. The standard InChI is InChI=1S/C34H38N4O4.C3H8O/c1-7-21-17(3)25-13-26-19(5)23(9-11-33(39)40)31(37-26)16-32-24(10-12-34(41)42)20(6)28(38-32)15-30-22(8-2)18(4)27(36-30)14-29(21)35-25;1-2-3-4/h13-16,35-36H,7-12H2,1-6H3,(H,39,40)(H,41,42);4H,2-3H2,1H3. The highest BCUT2D eigenvalue weighted by atomic mass is 16.4. The molecule has 2 aliphatic rings. The van der Waals surface area contributed by atoms with Crippen LogP contribution in [0.2, 0.25) is 0 Å². The highest BCUT2D eigenvalue weighted by molar-refractivity contribution is 5.96. The van der Waals surface area contributed by atoms with Gasteiger partial charge in [0.1, 0.15) is 0 Å². The molecule has 5 N–H and O–H groups in total. The van der Waals surface area contributed by atoms with Gasteiger partial charge in [-0.2, -0.15) is 0 Å². The third kappa shape index (κ3) is 7.15. The molecule has 0 radical (unpaired) electrons. The Morgan fingerprint density at radius 2 is 1.02 bits per heavy atom. The molecule has 0 amide bonds. The van der Waals surface area contributed by atoms with Crippen molar-refractivity contribution in [2.45, 2.75) is 93.4 Å². The van der Waals surface area contributed by atoms with Crippen molar-refractivity contribution in [3.8, 4) is 0 Å². The van der Waals surface area contributed by atoms with E-state index in [0.29, 0.717) is 30.8 Å². The molecular formula is C37H46N4O5. The summed E-state index contributed by atoms with van der Waals surface area (Å²) in [6.07, 6.45) is 3.24. The van der Waals surface area contributed by atoms with Crippen LogP contribution >= 0.6 is 0 Å². The van der Waals surface area contributed by atoms with E-state index in [1.54, 1.807) is 0 Å². The highest BCUT2D eigenvalue weighted by Crippen LogP contribution is 2.38. The molecule has 0 spiro atoms. The minimum atomic E-state index is -0.869. The van der Waals surface area contributed by atoms with Gasteiger partial charge in [-0.05, 0) is 129 Å². The normalized spacial score (nSPS) is 12.8. The van der Waals surface area contributed by atoms with E-state index in [2.05, 4.69) is 49.8 Å². The van der Waals surface area contributed by atoms with Crippen LogP contribution in [0.3, 0.4) is 0 Å². The second kappa shape index (κ2) is 14.7. The Labute approximate surface area is 270 Å². The molecule has 3 aromatic rings. The topological polar surface area (TPSA) is 152 Å². The zero-order valence-corrected chi connectivity index (χ0v) is 28.0. The number of fused-ring (bicyclic) bond motifs is 8. The van der Waals surface area contributed by atoms with Gasteiger partial charge in [-0.15, -0.1) is 0 Å². The number of carboxylic acids is 2. The molecule has 0 saturated heterocycles. The molecule has 244 valence electrons. The van der Waals surface area contributed by atoms with Gasteiger partial charge in [0.05, 0.1) is 22.8 Å². The van der Waals surface area contributed by atoms with E-state index >= 15 is 0 Å². The molecule has 8 bridgehead atoms. The Hall–Kier alpha value is -4.50. The molecule has 9 heteroatoms. The van der Waals surface area contributed by atoms with Gasteiger partial charge in [0.15, 0.2) is 0 Å². The number of aryl methyl sites for hydroxylation is 4. The van der Waals surface area contributed by atoms with Crippen LogP contribution in [0.4, 0.5) is 0 Å². The summed E-state index contributed by atoms with van der Waals surface area (Å²) in [5, 5.41) is 26.8. The van der Waals surface area contributed by atoms with Crippen molar-refractivity contribution in [1.29, 1.82) is 0 Å². The maximum atomic E-state index is 11.5. The molecule has 0 aliphatic carbocycles. The Balaban J connectivity index is 0.00000113. The average Bonchev–Trinajstić information content (AvgIpc) is 3.68. The van der Waals surface area contributed by atoms with E-state index in [9.17, 15) is 19.8 Å². The Morgan fingerprint density at radius 1 is 0.630 bits per heavy atom. The van der Waals surface area contributed by atoms with Gasteiger partial charge in [-0.1, -0.05) is 20.8 Å². The predicted octanol–water partition coefficient (Wildman–Crippen LogP) is 8.04. The minimum Gasteiger partial charge on any atom is -0.481 e. The number of aliphatic hydroxyl groups excluding tert-OH is 1. The van der Waals surface area contributed by atoms with Gasteiger partial charge in [0.25, 0.3) is 0 Å². The van der Waals surface area contributed by atoms with Crippen LogP contribution < -0.4 is 0 Å². The lowest BCUT2D eigenvalue weighted by molar-refractivity contribution is -0.137. The van der Waals surface area contributed by atoms with Gasteiger partial charge in [0, 0.05) is 41.5 Å². The van der Waals surface area contributed by atoms with Crippen LogP contribution in [0, 0.1) is 13.8 Å². The maximum Gasteiger partial charge on any atom is 0.303 e. The van der Waals surface area contributed by atoms with E-state index in [0.717, 1.165) is 80.6 Å². The first-order chi connectivity index (χ1) is 21.9. The second-order valence-electron chi connectivity index (χ2n) is 11.9. The molecule has 2 aliphatic heterocycles. The van der Waals surface area contributed by atoms with Crippen molar-refractivity contribution < 1.29 is 24.9 Å². The van der Waals surface area contributed by atoms with Crippen molar-refractivity contribution >= 4 is 56.3 Å². The predicted molar refractivity (Wildman–Crippen MR) is 185 cm³/mol.